The number of halogens is 1. The first-order valence-electron chi connectivity index (χ1n) is 7.09. The lowest BCUT2D eigenvalue weighted by atomic mass is 10.1. The Hall–Kier alpha value is -2.53. The predicted octanol–water partition coefficient (Wildman–Crippen LogP) is 2.33. The number of hydrogen-bond acceptors (Lipinski definition) is 3. The van der Waals surface area contributed by atoms with Gasteiger partial charge in [0.1, 0.15) is 11.6 Å². The third-order valence-corrected chi connectivity index (χ3v) is 3.61. The fraction of sp³-hybridized carbons (Fsp3) is 0.176. The molecule has 0 atom stereocenters. The highest BCUT2D eigenvalue weighted by Gasteiger charge is 2.14. The van der Waals surface area contributed by atoms with Gasteiger partial charge in [0.25, 0.3) is 5.56 Å². The first kappa shape index (κ1) is 14.4. The lowest BCUT2D eigenvalue weighted by Crippen LogP contribution is -2.26. The molecule has 0 saturated carbocycles. The minimum atomic E-state index is -0.395. The van der Waals surface area contributed by atoms with E-state index in [0.717, 1.165) is 5.56 Å². The van der Waals surface area contributed by atoms with Gasteiger partial charge in [0, 0.05) is 6.42 Å². The van der Waals surface area contributed by atoms with E-state index in [1.54, 1.807) is 18.2 Å². The number of nitrogens with zero attached hydrogens (tertiary/aromatic N) is 2. The van der Waals surface area contributed by atoms with Crippen LogP contribution in [0.15, 0.2) is 47.3 Å². The average molecular weight is 297 g/mol. The molecular weight excluding hydrogens is 281 g/mol. The van der Waals surface area contributed by atoms with E-state index in [9.17, 15) is 9.18 Å². The zero-order valence-electron chi connectivity index (χ0n) is 12.2. The molecule has 3 rings (SSSR count). The van der Waals surface area contributed by atoms with Gasteiger partial charge < -0.3 is 5.73 Å². The van der Waals surface area contributed by atoms with E-state index >= 15 is 0 Å². The van der Waals surface area contributed by atoms with Crippen molar-refractivity contribution in [2.45, 2.75) is 13.3 Å². The van der Waals surface area contributed by atoms with E-state index in [1.807, 2.05) is 19.1 Å². The molecule has 112 valence electrons. The first-order chi connectivity index (χ1) is 10.6. The molecule has 22 heavy (non-hydrogen) atoms. The monoisotopic (exact) mass is 297 g/mol. The quantitative estimate of drug-likeness (QED) is 0.807. The molecule has 0 unspecified atom stereocenters. The highest BCUT2D eigenvalue weighted by atomic mass is 19.1. The summed E-state index contributed by atoms with van der Waals surface area (Å²) < 4.78 is 15.0. The highest BCUT2D eigenvalue weighted by molar-refractivity contribution is 5.81. The van der Waals surface area contributed by atoms with Gasteiger partial charge in [-0.25, -0.2) is 9.37 Å². The molecule has 5 heteroatoms. The Morgan fingerprint density at radius 1 is 1.23 bits per heavy atom. The maximum Gasteiger partial charge on any atom is 0.266 e. The van der Waals surface area contributed by atoms with Crippen LogP contribution >= 0.6 is 0 Å². The van der Waals surface area contributed by atoms with Gasteiger partial charge in [-0.15, -0.1) is 0 Å². The van der Waals surface area contributed by atoms with Gasteiger partial charge in [-0.1, -0.05) is 18.2 Å². The molecular formula is C17H16FN3O. The van der Waals surface area contributed by atoms with E-state index in [1.165, 1.54) is 16.7 Å². The summed E-state index contributed by atoms with van der Waals surface area (Å²) in [6.07, 6.45) is 0.440. The largest absolute Gasteiger partial charge is 0.330 e. The molecule has 1 heterocycles. The van der Waals surface area contributed by atoms with E-state index < -0.39 is 5.82 Å². The topological polar surface area (TPSA) is 60.9 Å². The van der Waals surface area contributed by atoms with Crippen molar-refractivity contribution in [3.63, 3.8) is 0 Å². The van der Waals surface area contributed by atoms with Crippen molar-refractivity contribution >= 4 is 10.9 Å². The van der Waals surface area contributed by atoms with Crippen molar-refractivity contribution in [3.05, 3.63) is 70.0 Å². The Morgan fingerprint density at radius 2 is 2.00 bits per heavy atom. The van der Waals surface area contributed by atoms with Gasteiger partial charge in [-0.2, -0.15) is 0 Å². The summed E-state index contributed by atoms with van der Waals surface area (Å²) in [5.41, 5.74) is 7.39. The van der Waals surface area contributed by atoms with Crippen LogP contribution in [0, 0.1) is 12.7 Å². The van der Waals surface area contributed by atoms with Crippen LogP contribution in [-0.4, -0.2) is 16.1 Å². The molecule has 2 aromatic carbocycles. The second-order valence-corrected chi connectivity index (χ2v) is 5.16. The zero-order chi connectivity index (χ0) is 15.7. The summed E-state index contributed by atoms with van der Waals surface area (Å²) >= 11 is 0. The fourth-order valence-electron chi connectivity index (χ4n) is 2.62. The Labute approximate surface area is 127 Å². The molecule has 0 aliphatic rings. The molecule has 4 nitrogen and oxygen atoms in total. The lowest BCUT2D eigenvalue weighted by molar-refractivity contribution is 0.625. The van der Waals surface area contributed by atoms with Gasteiger partial charge in [-0.3, -0.25) is 9.36 Å². The molecule has 0 aliphatic heterocycles. The molecule has 0 radical (unpaired) electrons. The first-order valence-corrected chi connectivity index (χ1v) is 7.09. The third kappa shape index (κ3) is 2.40. The summed E-state index contributed by atoms with van der Waals surface area (Å²) in [7, 11) is 0. The number of nitrogens with two attached hydrogens (primary N) is 1. The van der Waals surface area contributed by atoms with E-state index in [2.05, 4.69) is 4.98 Å². The van der Waals surface area contributed by atoms with Gasteiger partial charge in [0.15, 0.2) is 0 Å². The van der Waals surface area contributed by atoms with Crippen LogP contribution in [0.3, 0.4) is 0 Å². The summed E-state index contributed by atoms with van der Waals surface area (Å²) in [4.78, 5) is 17.5. The van der Waals surface area contributed by atoms with Crippen LogP contribution in [0.5, 0.6) is 0 Å². The molecule has 0 aliphatic carbocycles. The Balaban J connectivity index is 2.41. The lowest BCUT2D eigenvalue weighted by Gasteiger charge is -2.14. The molecule has 3 aromatic rings. The zero-order valence-corrected chi connectivity index (χ0v) is 12.2. The SMILES string of the molecule is Cc1cccc2nc(CCN)n(-c3cccc(F)c3)c(=O)c12. The standard InChI is InChI=1S/C17H16FN3O/c1-11-4-2-7-14-16(11)17(22)21(15(20-14)8-9-19)13-6-3-5-12(18)10-13/h2-7,10H,8-9,19H2,1H3. The van der Waals surface area contributed by atoms with E-state index in [0.29, 0.717) is 35.4 Å². The number of benzene rings is 2. The average Bonchev–Trinajstić information content (AvgIpc) is 2.47. The van der Waals surface area contributed by atoms with Gasteiger partial charge in [0.05, 0.1) is 16.6 Å². The normalized spacial score (nSPS) is 11.0. The smallest absolute Gasteiger partial charge is 0.266 e. The molecule has 0 bridgehead atoms. The number of rotatable bonds is 3. The van der Waals surface area contributed by atoms with Crippen molar-refractivity contribution in [2.24, 2.45) is 5.73 Å². The van der Waals surface area contributed by atoms with Gasteiger partial charge in [0.2, 0.25) is 0 Å². The summed E-state index contributed by atoms with van der Waals surface area (Å²) in [6.45, 7) is 2.23. The second-order valence-electron chi connectivity index (χ2n) is 5.16. The van der Waals surface area contributed by atoms with Crippen molar-refractivity contribution in [1.29, 1.82) is 0 Å². The second kappa shape index (κ2) is 5.69. The predicted molar refractivity (Wildman–Crippen MR) is 84.8 cm³/mol. The highest BCUT2D eigenvalue weighted by Crippen LogP contribution is 2.16. The number of aromatic nitrogens is 2. The van der Waals surface area contributed by atoms with Gasteiger partial charge in [-0.05, 0) is 43.3 Å². The molecule has 2 N–H and O–H groups in total. The maximum atomic E-state index is 13.5. The number of fused-ring (bicyclic) bond motifs is 1. The molecule has 0 spiro atoms. The fourth-order valence-corrected chi connectivity index (χ4v) is 2.62. The van der Waals surface area contributed by atoms with Crippen LogP contribution in [0.25, 0.3) is 16.6 Å². The third-order valence-electron chi connectivity index (χ3n) is 3.61. The number of aryl methyl sites for hydroxylation is 1. The van der Waals surface area contributed by atoms with Crippen LogP contribution in [0.4, 0.5) is 4.39 Å². The van der Waals surface area contributed by atoms with E-state index in [4.69, 9.17) is 5.73 Å². The Bertz CT molecular complexity index is 902. The van der Waals surface area contributed by atoms with Crippen molar-refractivity contribution in [2.75, 3.05) is 6.54 Å². The van der Waals surface area contributed by atoms with Crippen LogP contribution < -0.4 is 11.3 Å². The van der Waals surface area contributed by atoms with Crippen molar-refractivity contribution < 1.29 is 4.39 Å². The minimum absolute atomic E-state index is 0.197. The molecule has 0 amide bonds. The molecule has 1 aromatic heterocycles. The van der Waals surface area contributed by atoms with Crippen LogP contribution in [-0.2, 0) is 6.42 Å². The van der Waals surface area contributed by atoms with E-state index in [-0.39, 0.29) is 5.56 Å². The molecule has 0 saturated heterocycles. The van der Waals surface area contributed by atoms with Crippen molar-refractivity contribution in [3.8, 4) is 5.69 Å². The van der Waals surface area contributed by atoms with Crippen LogP contribution in [0.1, 0.15) is 11.4 Å². The Morgan fingerprint density at radius 3 is 2.73 bits per heavy atom. The van der Waals surface area contributed by atoms with Crippen molar-refractivity contribution in [1.82, 2.24) is 9.55 Å². The van der Waals surface area contributed by atoms with Crippen LogP contribution in [0.2, 0.25) is 0 Å². The summed E-state index contributed by atoms with van der Waals surface area (Å²) in [5, 5.41) is 0.549. The number of hydrogen-bond donors (Lipinski definition) is 1. The summed E-state index contributed by atoms with van der Waals surface area (Å²) in [5.74, 6) is 0.143. The maximum absolute atomic E-state index is 13.5. The summed E-state index contributed by atoms with van der Waals surface area (Å²) in [6, 6.07) is 11.5. The minimum Gasteiger partial charge on any atom is -0.330 e. The van der Waals surface area contributed by atoms with Gasteiger partial charge >= 0.3 is 0 Å². The Kier molecular flexibility index (Phi) is 3.73. The molecule has 0 fully saturated rings.